The highest BCUT2D eigenvalue weighted by Gasteiger charge is 2.16. The molecule has 0 aromatic carbocycles. The lowest BCUT2D eigenvalue weighted by Gasteiger charge is -2.34. The van der Waals surface area contributed by atoms with E-state index in [1.165, 1.54) is 77.9 Å². The van der Waals surface area contributed by atoms with Crippen LogP contribution in [0.4, 0.5) is 0 Å². The van der Waals surface area contributed by atoms with E-state index in [0.29, 0.717) is 0 Å². The molecule has 1 saturated heterocycles. The fourth-order valence-corrected chi connectivity index (χ4v) is 3.06. The third kappa shape index (κ3) is 4.57. The molecule has 1 heterocycles. The molecule has 2 fully saturated rings. The van der Waals surface area contributed by atoms with Crippen LogP contribution in [0, 0.1) is 0 Å². The van der Waals surface area contributed by atoms with Crippen molar-refractivity contribution in [2.45, 2.75) is 45.1 Å². The molecular formula is C14H29N3. The zero-order chi connectivity index (χ0) is 11.9. The van der Waals surface area contributed by atoms with E-state index in [0.717, 1.165) is 6.04 Å². The van der Waals surface area contributed by atoms with Crippen molar-refractivity contribution in [1.29, 1.82) is 0 Å². The lowest BCUT2D eigenvalue weighted by Crippen LogP contribution is -2.48. The molecule has 0 spiro atoms. The van der Waals surface area contributed by atoms with Gasteiger partial charge in [-0.2, -0.15) is 0 Å². The molecule has 2 rings (SSSR count). The maximum Gasteiger partial charge on any atom is 0.0110 e. The predicted molar refractivity (Wildman–Crippen MR) is 73.4 cm³/mol. The Kier molecular flexibility index (Phi) is 5.75. The molecule has 1 aliphatic heterocycles. The van der Waals surface area contributed by atoms with Crippen LogP contribution >= 0.6 is 0 Å². The summed E-state index contributed by atoms with van der Waals surface area (Å²) < 4.78 is 0. The van der Waals surface area contributed by atoms with Crippen molar-refractivity contribution in [3.05, 3.63) is 0 Å². The summed E-state index contributed by atoms with van der Waals surface area (Å²) in [6.45, 7) is 11.0. The van der Waals surface area contributed by atoms with Crippen molar-refractivity contribution >= 4 is 0 Å². The second-order valence-electron chi connectivity index (χ2n) is 5.56. The lowest BCUT2D eigenvalue weighted by atomic mass is 9.95. The van der Waals surface area contributed by atoms with Gasteiger partial charge in [0.05, 0.1) is 0 Å². The molecule has 17 heavy (non-hydrogen) atoms. The number of hydrogen-bond donors (Lipinski definition) is 1. The largest absolute Gasteiger partial charge is 0.313 e. The number of rotatable bonds is 5. The number of nitrogens with one attached hydrogen (secondary N) is 1. The normalized spacial score (nSPS) is 25.2. The Bertz CT molecular complexity index is 194. The Labute approximate surface area is 107 Å². The summed E-state index contributed by atoms with van der Waals surface area (Å²) in [5.74, 6) is 0. The van der Waals surface area contributed by atoms with Crippen LogP contribution in [0.3, 0.4) is 0 Å². The van der Waals surface area contributed by atoms with Gasteiger partial charge in [0.2, 0.25) is 0 Å². The minimum atomic E-state index is 0.820. The molecule has 0 radical (unpaired) electrons. The molecule has 2 aliphatic rings. The van der Waals surface area contributed by atoms with Crippen molar-refractivity contribution in [3.8, 4) is 0 Å². The van der Waals surface area contributed by atoms with E-state index >= 15 is 0 Å². The minimum Gasteiger partial charge on any atom is -0.313 e. The number of hydrogen-bond acceptors (Lipinski definition) is 3. The van der Waals surface area contributed by atoms with Gasteiger partial charge in [-0.25, -0.2) is 0 Å². The molecule has 100 valence electrons. The van der Waals surface area contributed by atoms with Crippen molar-refractivity contribution in [2.75, 3.05) is 45.8 Å². The quantitative estimate of drug-likeness (QED) is 0.785. The van der Waals surface area contributed by atoms with Gasteiger partial charge in [0.1, 0.15) is 0 Å². The standard InChI is InChI=1S/C14H29N3/c1-2-16-10-12-17(13-11-16)9-8-15-14-6-4-3-5-7-14/h14-15H,2-13H2,1H3. The smallest absolute Gasteiger partial charge is 0.0110 e. The first kappa shape index (κ1) is 13.3. The van der Waals surface area contributed by atoms with E-state index in [1.54, 1.807) is 0 Å². The zero-order valence-electron chi connectivity index (χ0n) is 11.5. The van der Waals surface area contributed by atoms with Crippen molar-refractivity contribution in [2.24, 2.45) is 0 Å². The minimum absolute atomic E-state index is 0.820. The maximum atomic E-state index is 3.74. The van der Waals surface area contributed by atoms with E-state index in [9.17, 15) is 0 Å². The Balaban J connectivity index is 1.53. The van der Waals surface area contributed by atoms with Crippen molar-refractivity contribution < 1.29 is 0 Å². The molecule has 0 unspecified atom stereocenters. The summed E-state index contributed by atoms with van der Waals surface area (Å²) in [5, 5.41) is 3.74. The molecule has 3 nitrogen and oxygen atoms in total. The summed E-state index contributed by atoms with van der Waals surface area (Å²) in [7, 11) is 0. The van der Waals surface area contributed by atoms with Gasteiger partial charge in [-0.15, -0.1) is 0 Å². The van der Waals surface area contributed by atoms with Crippen LogP contribution in [-0.4, -0.2) is 61.7 Å². The van der Waals surface area contributed by atoms with Crippen LogP contribution in [0.2, 0.25) is 0 Å². The van der Waals surface area contributed by atoms with Gasteiger partial charge < -0.3 is 10.2 Å². The van der Waals surface area contributed by atoms with Crippen LogP contribution in [0.5, 0.6) is 0 Å². The Hall–Kier alpha value is -0.120. The van der Waals surface area contributed by atoms with Crippen molar-refractivity contribution in [1.82, 2.24) is 15.1 Å². The van der Waals surface area contributed by atoms with E-state index < -0.39 is 0 Å². The number of likely N-dealkylation sites (N-methyl/N-ethyl adjacent to an activating group) is 1. The first-order valence-corrected chi connectivity index (χ1v) is 7.56. The highest BCUT2D eigenvalue weighted by Crippen LogP contribution is 2.17. The summed E-state index contributed by atoms with van der Waals surface area (Å²) >= 11 is 0. The average Bonchev–Trinajstić information content (AvgIpc) is 2.41. The monoisotopic (exact) mass is 239 g/mol. The second kappa shape index (κ2) is 7.34. The van der Waals surface area contributed by atoms with Crippen LogP contribution in [0.1, 0.15) is 39.0 Å². The summed E-state index contributed by atoms with van der Waals surface area (Å²) in [4.78, 5) is 5.16. The molecule has 0 aromatic heterocycles. The van der Waals surface area contributed by atoms with Gasteiger partial charge in [-0.05, 0) is 19.4 Å². The average molecular weight is 239 g/mol. The van der Waals surface area contributed by atoms with Gasteiger partial charge in [0, 0.05) is 45.3 Å². The topological polar surface area (TPSA) is 18.5 Å². The first-order chi connectivity index (χ1) is 8.38. The third-order valence-corrected chi connectivity index (χ3v) is 4.38. The Morgan fingerprint density at radius 1 is 0.941 bits per heavy atom. The maximum absolute atomic E-state index is 3.74. The predicted octanol–water partition coefficient (Wildman–Crippen LogP) is 1.55. The molecule has 1 N–H and O–H groups in total. The fraction of sp³-hybridized carbons (Fsp3) is 1.00. The molecule has 0 atom stereocenters. The Morgan fingerprint density at radius 2 is 1.59 bits per heavy atom. The SMILES string of the molecule is CCN1CCN(CCNC2CCCCC2)CC1. The molecule has 0 bridgehead atoms. The zero-order valence-corrected chi connectivity index (χ0v) is 11.5. The molecule has 0 aromatic rings. The highest BCUT2D eigenvalue weighted by molar-refractivity contribution is 4.75. The van der Waals surface area contributed by atoms with Gasteiger partial charge >= 0.3 is 0 Å². The van der Waals surface area contributed by atoms with Crippen LogP contribution < -0.4 is 5.32 Å². The third-order valence-electron chi connectivity index (χ3n) is 4.38. The first-order valence-electron chi connectivity index (χ1n) is 7.56. The van der Waals surface area contributed by atoms with Gasteiger partial charge in [0.15, 0.2) is 0 Å². The summed E-state index contributed by atoms with van der Waals surface area (Å²) in [5.41, 5.74) is 0. The van der Waals surface area contributed by atoms with Gasteiger partial charge in [-0.1, -0.05) is 26.2 Å². The van der Waals surface area contributed by atoms with E-state index in [1.807, 2.05) is 0 Å². The highest BCUT2D eigenvalue weighted by atomic mass is 15.3. The van der Waals surface area contributed by atoms with E-state index in [2.05, 4.69) is 22.0 Å². The molecule has 1 saturated carbocycles. The summed E-state index contributed by atoms with van der Waals surface area (Å²) in [6.07, 6.45) is 7.14. The van der Waals surface area contributed by atoms with Crippen LogP contribution in [0.15, 0.2) is 0 Å². The molecule has 0 amide bonds. The molecule has 3 heteroatoms. The van der Waals surface area contributed by atoms with Crippen LogP contribution in [-0.2, 0) is 0 Å². The second-order valence-corrected chi connectivity index (χ2v) is 5.56. The molecular weight excluding hydrogens is 210 g/mol. The lowest BCUT2D eigenvalue weighted by molar-refractivity contribution is 0.136. The van der Waals surface area contributed by atoms with E-state index in [-0.39, 0.29) is 0 Å². The van der Waals surface area contributed by atoms with Gasteiger partial charge in [-0.3, -0.25) is 4.90 Å². The van der Waals surface area contributed by atoms with E-state index in [4.69, 9.17) is 0 Å². The number of piperazine rings is 1. The summed E-state index contributed by atoms with van der Waals surface area (Å²) in [6, 6.07) is 0.820. The van der Waals surface area contributed by atoms with Crippen LogP contribution in [0.25, 0.3) is 0 Å². The van der Waals surface area contributed by atoms with Gasteiger partial charge in [0.25, 0.3) is 0 Å². The fourth-order valence-electron chi connectivity index (χ4n) is 3.06. The molecule has 1 aliphatic carbocycles. The van der Waals surface area contributed by atoms with Crippen molar-refractivity contribution in [3.63, 3.8) is 0 Å². The number of nitrogens with zero attached hydrogens (tertiary/aromatic N) is 2. The Morgan fingerprint density at radius 3 is 2.24 bits per heavy atom.